The SMILES string of the molecule is Cc1cccc(C(N)=O)c1CC1(c2ccc(C(F)(F)F)nc2)CCC(F)(F)CC1. The van der Waals surface area contributed by atoms with Crippen LogP contribution in [0.2, 0.25) is 0 Å². The van der Waals surface area contributed by atoms with E-state index >= 15 is 0 Å². The van der Waals surface area contributed by atoms with Gasteiger partial charge in [-0.2, -0.15) is 13.2 Å². The predicted octanol–water partition coefficient (Wildman–Crippen LogP) is 5.20. The van der Waals surface area contributed by atoms with Gasteiger partial charge < -0.3 is 5.73 Å². The molecule has 1 heterocycles. The zero-order valence-corrected chi connectivity index (χ0v) is 15.8. The average Bonchev–Trinajstić information content (AvgIpc) is 2.64. The lowest BCUT2D eigenvalue weighted by Gasteiger charge is -2.41. The van der Waals surface area contributed by atoms with Gasteiger partial charge in [0.1, 0.15) is 5.69 Å². The van der Waals surface area contributed by atoms with Crippen molar-refractivity contribution in [1.29, 1.82) is 0 Å². The van der Waals surface area contributed by atoms with E-state index in [4.69, 9.17) is 5.73 Å². The van der Waals surface area contributed by atoms with Crippen molar-refractivity contribution < 1.29 is 26.7 Å². The normalized spacial score (nSPS) is 18.4. The number of nitrogens with two attached hydrogens (primary N) is 1. The van der Waals surface area contributed by atoms with E-state index in [0.717, 1.165) is 17.8 Å². The van der Waals surface area contributed by atoms with Gasteiger partial charge in [0.05, 0.1) is 0 Å². The van der Waals surface area contributed by atoms with Crippen molar-refractivity contribution in [3.63, 3.8) is 0 Å². The number of carbonyl (C=O) groups is 1. The molecule has 3 nitrogen and oxygen atoms in total. The summed E-state index contributed by atoms with van der Waals surface area (Å²) in [4.78, 5) is 15.4. The Kier molecular flexibility index (Phi) is 5.40. The van der Waals surface area contributed by atoms with Crippen molar-refractivity contribution in [2.45, 2.75) is 56.5 Å². The molecule has 29 heavy (non-hydrogen) atoms. The maximum absolute atomic E-state index is 13.9. The van der Waals surface area contributed by atoms with Crippen LogP contribution >= 0.6 is 0 Å². The monoisotopic (exact) mass is 412 g/mol. The number of carbonyl (C=O) groups excluding carboxylic acids is 1. The van der Waals surface area contributed by atoms with Gasteiger partial charge in [-0.15, -0.1) is 0 Å². The van der Waals surface area contributed by atoms with E-state index in [1.807, 2.05) is 0 Å². The molecule has 0 bridgehead atoms. The van der Waals surface area contributed by atoms with Gasteiger partial charge in [-0.05, 0) is 55.0 Å². The number of primary amides is 1. The molecule has 2 aromatic rings. The summed E-state index contributed by atoms with van der Waals surface area (Å²) in [5.41, 5.74) is 5.75. The van der Waals surface area contributed by atoms with Crippen molar-refractivity contribution in [2.24, 2.45) is 5.73 Å². The van der Waals surface area contributed by atoms with Gasteiger partial charge >= 0.3 is 6.18 Å². The molecule has 2 N–H and O–H groups in total. The van der Waals surface area contributed by atoms with Crippen LogP contribution < -0.4 is 5.73 Å². The van der Waals surface area contributed by atoms with Crippen LogP contribution in [0.15, 0.2) is 36.5 Å². The molecule has 8 heteroatoms. The second-order valence-electron chi connectivity index (χ2n) is 7.71. The van der Waals surface area contributed by atoms with Gasteiger partial charge in [0.25, 0.3) is 0 Å². The number of amides is 1. The van der Waals surface area contributed by atoms with Gasteiger partial charge in [0, 0.05) is 30.0 Å². The van der Waals surface area contributed by atoms with Gasteiger partial charge in [-0.25, -0.2) is 8.78 Å². The molecule has 0 atom stereocenters. The number of hydrogen-bond acceptors (Lipinski definition) is 2. The van der Waals surface area contributed by atoms with Crippen LogP contribution in [0, 0.1) is 6.92 Å². The Morgan fingerprint density at radius 2 is 1.76 bits per heavy atom. The second-order valence-corrected chi connectivity index (χ2v) is 7.71. The third-order valence-electron chi connectivity index (χ3n) is 5.80. The summed E-state index contributed by atoms with van der Waals surface area (Å²) in [5.74, 6) is -3.45. The van der Waals surface area contributed by atoms with Crippen molar-refractivity contribution in [2.75, 3.05) is 0 Å². The lowest BCUT2D eigenvalue weighted by molar-refractivity contribution is -0.141. The van der Waals surface area contributed by atoms with Crippen LogP contribution in [-0.2, 0) is 18.0 Å². The molecular formula is C21H21F5N2O. The highest BCUT2D eigenvalue weighted by molar-refractivity contribution is 5.94. The molecule has 1 amide bonds. The number of rotatable bonds is 4. The van der Waals surface area contributed by atoms with Crippen molar-refractivity contribution in [3.05, 3.63) is 64.5 Å². The maximum Gasteiger partial charge on any atom is 0.433 e. The fourth-order valence-corrected chi connectivity index (χ4v) is 4.04. The fourth-order valence-electron chi connectivity index (χ4n) is 4.04. The number of aromatic nitrogens is 1. The molecule has 1 aliphatic carbocycles. The van der Waals surface area contributed by atoms with Gasteiger partial charge in [-0.1, -0.05) is 18.2 Å². The zero-order valence-electron chi connectivity index (χ0n) is 15.8. The van der Waals surface area contributed by atoms with E-state index in [0.29, 0.717) is 16.7 Å². The van der Waals surface area contributed by atoms with E-state index < -0.39 is 29.1 Å². The lowest BCUT2D eigenvalue weighted by atomic mass is 9.65. The first-order valence-electron chi connectivity index (χ1n) is 9.23. The second kappa shape index (κ2) is 7.39. The largest absolute Gasteiger partial charge is 0.433 e. The summed E-state index contributed by atoms with van der Waals surface area (Å²) in [7, 11) is 0. The van der Waals surface area contributed by atoms with E-state index in [-0.39, 0.29) is 32.1 Å². The Hall–Kier alpha value is -2.51. The van der Waals surface area contributed by atoms with Gasteiger partial charge in [0.2, 0.25) is 11.8 Å². The Bertz CT molecular complexity index is 896. The molecule has 1 aromatic heterocycles. The molecule has 1 aliphatic rings. The number of benzene rings is 1. The van der Waals surface area contributed by atoms with Crippen LogP contribution in [0.25, 0.3) is 0 Å². The van der Waals surface area contributed by atoms with Gasteiger partial charge in [0.15, 0.2) is 0 Å². The minimum atomic E-state index is -4.58. The first-order valence-corrected chi connectivity index (χ1v) is 9.23. The number of nitrogens with zero attached hydrogens (tertiary/aromatic N) is 1. The number of aryl methyl sites for hydroxylation is 1. The smallest absolute Gasteiger partial charge is 0.366 e. The minimum absolute atomic E-state index is 0.0690. The lowest BCUT2D eigenvalue weighted by Crippen LogP contribution is -2.39. The molecular weight excluding hydrogens is 391 g/mol. The van der Waals surface area contributed by atoms with E-state index in [1.54, 1.807) is 25.1 Å². The highest BCUT2D eigenvalue weighted by Gasteiger charge is 2.45. The molecule has 1 saturated carbocycles. The zero-order chi connectivity index (χ0) is 21.4. The predicted molar refractivity (Wildman–Crippen MR) is 97.7 cm³/mol. The average molecular weight is 412 g/mol. The summed E-state index contributed by atoms with van der Waals surface area (Å²) in [5, 5.41) is 0. The van der Waals surface area contributed by atoms with Crippen LogP contribution in [0.4, 0.5) is 22.0 Å². The molecule has 0 spiro atoms. The van der Waals surface area contributed by atoms with Gasteiger partial charge in [-0.3, -0.25) is 9.78 Å². The third kappa shape index (κ3) is 4.41. The van der Waals surface area contributed by atoms with Crippen LogP contribution in [-0.4, -0.2) is 16.8 Å². The van der Waals surface area contributed by atoms with E-state index in [9.17, 15) is 26.7 Å². The highest BCUT2D eigenvalue weighted by atomic mass is 19.4. The standard InChI is InChI=1S/C21H21F5N2O/c1-13-3-2-4-15(18(27)29)16(13)11-19(7-9-20(22,23)10-8-19)14-5-6-17(28-12-14)21(24,25)26/h2-6,12H,7-11H2,1H3,(H2,27,29). The van der Waals surface area contributed by atoms with Crippen molar-refractivity contribution in [1.82, 2.24) is 4.98 Å². The van der Waals surface area contributed by atoms with Crippen LogP contribution in [0.3, 0.4) is 0 Å². The Morgan fingerprint density at radius 1 is 1.10 bits per heavy atom. The highest BCUT2D eigenvalue weighted by Crippen LogP contribution is 2.48. The number of alkyl halides is 5. The number of halogens is 5. The Balaban J connectivity index is 2.06. The first-order chi connectivity index (χ1) is 13.4. The molecule has 1 fully saturated rings. The van der Waals surface area contributed by atoms with Crippen LogP contribution in [0.5, 0.6) is 0 Å². The fraction of sp³-hybridized carbons (Fsp3) is 0.429. The van der Waals surface area contributed by atoms with Crippen molar-refractivity contribution in [3.8, 4) is 0 Å². The van der Waals surface area contributed by atoms with Crippen LogP contribution in [0.1, 0.15) is 58.4 Å². The molecule has 3 rings (SSSR count). The number of hydrogen-bond donors (Lipinski definition) is 1. The molecule has 156 valence electrons. The van der Waals surface area contributed by atoms with E-state index in [1.165, 1.54) is 6.07 Å². The maximum atomic E-state index is 13.9. The first kappa shape index (κ1) is 21.2. The third-order valence-corrected chi connectivity index (χ3v) is 5.80. The minimum Gasteiger partial charge on any atom is -0.366 e. The summed E-state index contributed by atoms with van der Waals surface area (Å²) in [6, 6.07) is 7.22. The topological polar surface area (TPSA) is 56.0 Å². The molecule has 0 unspecified atom stereocenters. The van der Waals surface area contributed by atoms with E-state index in [2.05, 4.69) is 4.98 Å². The number of pyridine rings is 1. The quantitative estimate of drug-likeness (QED) is 0.702. The summed E-state index contributed by atoms with van der Waals surface area (Å²) in [6.07, 6.45) is -3.87. The summed E-state index contributed by atoms with van der Waals surface area (Å²) >= 11 is 0. The molecule has 0 aliphatic heterocycles. The summed E-state index contributed by atoms with van der Waals surface area (Å²) < 4.78 is 66.4. The Morgan fingerprint density at radius 3 is 2.28 bits per heavy atom. The molecule has 1 aromatic carbocycles. The molecule has 0 saturated heterocycles. The Labute approximate surface area is 165 Å². The van der Waals surface area contributed by atoms with Crippen molar-refractivity contribution >= 4 is 5.91 Å². The summed E-state index contributed by atoms with van der Waals surface area (Å²) in [6.45, 7) is 1.79. The molecule has 0 radical (unpaired) electrons.